The number of ether oxygens (including phenoxy) is 1. The number of nitrogen functional groups attached to an aromatic ring is 1. The van der Waals surface area contributed by atoms with Gasteiger partial charge in [-0.15, -0.1) is 0 Å². The van der Waals surface area contributed by atoms with Crippen LogP contribution in [0.15, 0.2) is 22.7 Å². The molecule has 0 unspecified atom stereocenters. The number of nitrogens with one attached hydrogen (secondary N) is 1. The minimum absolute atomic E-state index is 0.354. The van der Waals surface area contributed by atoms with Gasteiger partial charge in [0.1, 0.15) is 5.60 Å². The second-order valence-electron chi connectivity index (χ2n) is 5.94. The van der Waals surface area contributed by atoms with Crippen molar-refractivity contribution in [2.24, 2.45) is 0 Å². The van der Waals surface area contributed by atoms with Gasteiger partial charge in [-0.2, -0.15) is 0 Å². The molecule has 0 aliphatic heterocycles. The van der Waals surface area contributed by atoms with E-state index in [9.17, 15) is 4.79 Å². The molecule has 104 valence electrons. The number of carbonyl (C=O) groups is 1. The summed E-state index contributed by atoms with van der Waals surface area (Å²) in [5.41, 5.74) is 6.82. The van der Waals surface area contributed by atoms with Crippen LogP contribution in [0.5, 0.6) is 0 Å². The monoisotopic (exact) mass is 326 g/mol. The van der Waals surface area contributed by atoms with Gasteiger partial charge >= 0.3 is 6.09 Å². The summed E-state index contributed by atoms with van der Waals surface area (Å²) in [7, 11) is 0. The average Bonchev–Trinajstić information content (AvgIpc) is 2.94. The maximum Gasteiger partial charge on any atom is 0.408 e. The molecule has 2 rings (SSSR count). The van der Waals surface area contributed by atoms with Crippen LogP contribution in [0.25, 0.3) is 0 Å². The third-order valence-corrected chi connectivity index (χ3v) is 3.51. The topological polar surface area (TPSA) is 64.3 Å². The Morgan fingerprint density at radius 1 is 1.42 bits per heavy atom. The number of anilines is 1. The first kappa shape index (κ1) is 14.2. The van der Waals surface area contributed by atoms with E-state index in [0.29, 0.717) is 5.69 Å². The van der Waals surface area contributed by atoms with E-state index < -0.39 is 11.7 Å². The Labute approximate surface area is 121 Å². The molecule has 0 bridgehead atoms. The third-order valence-electron chi connectivity index (χ3n) is 3.02. The summed E-state index contributed by atoms with van der Waals surface area (Å²) in [6.07, 6.45) is 1.38. The van der Waals surface area contributed by atoms with Crippen LogP contribution >= 0.6 is 15.9 Å². The van der Waals surface area contributed by atoms with E-state index in [4.69, 9.17) is 10.5 Å². The molecule has 0 radical (unpaired) electrons. The van der Waals surface area contributed by atoms with Crippen molar-refractivity contribution in [3.05, 3.63) is 28.2 Å². The Hall–Kier alpha value is -1.23. The lowest BCUT2D eigenvalue weighted by atomic mass is 10.0. The number of hydrogen-bond donors (Lipinski definition) is 2. The van der Waals surface area contributed by atoms with Crippen molar-refractivity contribution >= 4 is 27.7 Å². The Morgan fingerprint density at radius 2 is 2.05 bits per heavy atom. The van der Waals surface area contributed by atoms with E-state index in [-0.39, 0.29) is 5.54 Å². The van der Waals surface area contributed by atoms with E-state index in [0.717, 1.165) is 22.9 Å². The summed E-state index contributed by atoms with van der Waals surface area (Å²) in [5, 5.41) is 2.94. The van der Waals surface area contributed by atoms with E-state index in [2.05, 4.69) is 21.2 Å². The second-order valence-corrected chi connectivity index (χ2v) is 6.86. The average molecular weight is 327 g/mol. The Bertz CT molecular complexity index is 505. The van der Waals surface area contributed by atoms with Crippen LogP contribution in [0, 0.1) is 0 Å². The van der Waals surface area contributed by atoms with Gasteiger partial charge in [0.05, 0.1) is 5.54 Å². The normalized spacial score (nSPS) is 16.8. The SMILES string of the molecule is CC(C)(C)OC(=O)NC1(c2ccc(Br)cc2N)CC1. The van der Waals surface area contributed by atoms with E-state index in [1.165, 1.54) is 0 Å². The summed E-state index contributed by atoms with van der Waals surface area (Å²) in [6.45, 7) is 5.54. The molecule has 0 aromatic heterocycles. The molecule has 0 spiro atoms. The molecule has 4 nitrogen and oxygen atoms in total. The molecule has 19 heavy (non-hydrogen) atoms. The van der Waals surface area contributed by atoms with Crippen molar-refractivity contribution < 1.29 is 9.53 Å². The van der Waals surface area contributed by atoms with Gasteiger partial charge in [0.2, 0.25) is 0 Å². The number of nitrogens with two attached hydrogens (primary N) is 1. The lowest BCUT2D eigenvalue weighted by Crippen LogP contribution is -2.39. The van der Waals surface area contributed by atoms with Crippen molar-refractivity contribution in [1.82, 2.24) is 5.32 Å². The van der Waals surface area contributed by atoms with Crippen LogP contribution in [0.2, 0.25) is 0 Å². The zero-order valence-electron chi connectivity index (χ0n) is 11.4. The first-order valence-electron chi connectivity index (χ1n) is 6.29. The van der Waals surface area contributed by atoms with Gasteiger partial charge in [-0.25, -0.2) is 4.79 Å². The summed E-state index contributed by atoms with van der Waals surface area (Å²) in [5.74, 6) is 0. The molecule has 0 saturated heterocycles. The standard InChI is InChI=1S/C14H19BrN2O2/c1-13(2,3)19-12(18)17-14(6-7-14)10-5-4-9(15)8-11(10)16/h4-5,8H,6-7,16H2,1-3H3,(H,17,18). The first-order valence-corrected chi connectivity index (χ1v) is 7.08. The van der Waals surface area contributed by atoms with Gasteiger partial charge in [-0.05, 0) is 45.7 Å². The first-order chi connectivity index (χ1) is 8.72. The summed E-state index contributed by atoms with van der Waals surface area (Å²) >= 11 is 3.38. The minimum atomic E-state index is -0.495. The number of rotatable bonds is 2. The smallest absolute Gasteiger partial charge is 0.408 e. The van der Waals surface area contributed by atoms with Gasteiger partial charge in [-0.1, -0.05) is 22.0 Å². The zero-order chi connectivity index (χ0) is 14.3. The van der Waals surface area contributed by atoms with Crippen LogP contribution in [-0.4, -0.2) is 11.7 Å². The quantitative estimate of drug-likeness (QED) is 0.817. The highest BCUT2D eigenvalue weighted by atomic mass is 79.9. The number of hydrogen-bond acceptors (Lipinski definition) is 3. The van der Waals surface area contributed by atoms with Crippen LogP contribution in [0.1, 0.15) is 39.2 Å². The Kier molecular flexibility index (Phi) is 3.51. The van der Waals surface area contributed by atoms with Crippen LogP contribution < -0.4 is 11.1 Å². The highest BCUT2D eigenvalue weighted by molar-refractivity contribution is 9.10. The maximum atomic E-state index is 11.9. The van der Waals surface area contributed by atoms with Crippen molar-refractivity contribution in [2.75, 3.05) is 5.73 Å². The molecule has 0 atom stereocenters. The molecule has 1 fully saturated rings. The molecule has 0 heterocycles. The van der Waals surface area contributed by atoms with Gasteiger partial charge in [0.15, 0.2) is 0 Å². The zero-order valence-corrected chi connectivity index (χ0v) is 13.0. The number of benzene rings is 1. The van der Waals surface area contributed by atoms with Gasteiger partial charge in [0.25, 0.3) is 0 Å². The van der Waals surface area contributed by atoms with E-state index in [1.807, 2.05) is 39.0 Å². The molecule has 3 N–H and O–H groups in total. The largest absolute Gasteiger partial charge is 0.444 e. The Balaban J connectivity index is 2.13. The van der Waals surface area contributed by atoms with E-state index in [1.54, 1.807) is 0 Å². The molecule has 1 aliphatic carbocycles. The summed E-state index contributed by atoms with van der Waals surface area (Å²) in [4.78, 5) is 11.9. The lowest BCUT2D eigenvalue weighted by molar-refractivity contribution is 0.0495. The number of amides is 1. The molecular weight excluding hydrogens is 308 g/mol. The van der Waals surface area contributed by atoms with E-state index >= 15 is 0 Å². The predicted molar refractivity (Wildman–Crippen MR) is 78.8 cm³/mol. The highest BCUT2D eigenvalue weighted by Gasteiger charge is 2.47. The van der Waals surface area contributed by atoms with Gasteiger partial charge < -0.3 is 15.8 Å². The third kappa shape index (κ3) is 3.41. The molecular formula is C14H19BrN2O2. The summed E-state index contributed by atoms with van der Waals surface area (Å²) in [6, 6.07) is 5.73. The highest BCUT2D eigenvalue weighted by Crippen LogP contribution is 2.48. The molecule has 1 saturated carbocycles. The van der Waals surface area contributed by atoms with Crippen LogP contribution in [0.4, 0.5) is 10.5 Å². The number of halogens is 1. The molecule has 1 aromatic rings. The van der Waals surface area contributed by atoms with Crippen LogP contribution in [0.3, 0.4) is 0 Å². The second kappa shape index (κ2) is 4.71. The molecule has 1 amide bonds. The fourth-order valence-electron chi connectivity index (χ4n) is 2.06. The summed E-state index contributed by atoms with van der Waals surface area (Å²) < 4.78 is 6.23. The fourth-order valence-corrected chi connectivity index (χ4v) is 2.43. The van der Waals surface area contributed by atoms with Crippen molar-refractivity contribution in [2.45, 2.75) is 44.8 Å². The fraction of sp³-hybridized carbons (Fsp3) is 0.500. The van der Waals surface area contributed by atoms with Gasteiger partial charge in [-0.3, -0.25) is 0 Å². The van der Waals surface area contributed by atoms with Crippen molar-refractivity contribution in [3.8, 4) is 0 Å². The predicted octanol–water partition coefficient (Wildman–Crippen LogP) is 3.55. The molecule has 5 heteroatoms. The lowest BCUT2D eigenvalue weighted by Gasteiger charge is -2.24. The van der Waals surface area contributed by atoms with Crippen molar-refractivity contribution in [3.63, 3.8) is 0 Å². The minimum Gasteiger partial charge on any atom is -0.444 e. The molecule has 1 aromatic carbocycles. The number of carbonyl (C=O) groups excluding carboxylic acids is 1. The number of alkyl carbamates (subject to hydrolysis) is 1. The Morgan fingerprint density at radius 3 is 2.53 bits per heavy atom. The molecule has 1 aliphatic rings. The maximum absolute atomic E-state index is 11.9. The van der Waals surface area contributed by atoms with Crippen molar-refractivity contribution in [1.29, 1.82) is 0 Å². The van der Waals surface area contributed by atoms with Gasteiger partial charge in [0, 0.05) is 15.7 Å². The van der Waals surface area contributed by atoms with Crippen LogP contribution in [-0.2, 0) is 10.3 Å².